The third kappa shape index (κ3) is 3.59. The highest BCUT2D eigenvalue weighted by atomic mass is 16.2. The Morgan fingerprint density at radius 3 is 2.88 bits per heavy atom. The van der Waals surface area contributed by atoms with E-state index in [2.05, 4.69) is 28.3 Å². The Balaban J connectivity index is 1.52. The topological polar surface area (TPSA) is 73.9 Å². The lowest BCUT2D eigenvalue weighted by molar-refractivity contribution is -0.130. The predicted octanol–water partition coefficient (Wildman–Crippen LogP) is 3.19. The molecule has 3 heterocycles. The fourth-order valence-electron chi connectivity index (χ4n) is 3.59. The smallest absolute Gasteiger partial charge is 0.241 e. The number of fused-ring (bicyclic) bond motifs is 1. The molecule has 26 heavy (non-hydrogen) atoms. The van der Waals surface area contributed by atoms with Gasteiger partial charge in [0.2, 0.25) is 5.91 Å². The zero-order chi connectivity index (χ0) is 17.9. The summed E-state index contributed by atoms with van der Waals surface area (Å²) in [7, 11) is 0. The lowest BCUT2D eigenvalue weighted by Gasteiger charge is -2.27. The zero-order valence-electron chi connectivity index (χ0n) is 15.4. The van der Waals surface area contributed by atoms with E-state index >= 15 is 0 Å². The lowest BCUT2D eigenvalue weighted by atomic mass is 10.1. The number of nitrogens with zero attached hydrogens (tertiary/aromatic N) is 3. The van der Waals surface area contributed by atoms with E-state index in [1.54, 1.807) is 0 Å². The molecular formula is C20H27N5O. The van der Waals surface area contributed by atoms with E-state index in [0.29, 0.717) is 12.5 Å². The predicted molar refractivity (Wildman–Crippen MR) is 103 cm³/mol. The van der Waals surface area contributed by atoms with Crippen molar-refractivity contribution in [1.29, 1.82) is 0 Å². The first-order chi connectivity index (χ1) is 12.8. The molecule has 2 aromatic heterocycles. The molecule has 1 aliphatic carbocycles. The molecule has 2 fully saturated rings. The highest BCUT2D eigenvalue weighted by Crippen LogP contribution is 2.39. The molecule has 4 rings (SSSR count). The van der Waals surface area contributed by atoms with E-state index in [1.165, 1.54) is 19.3 Å². The number of aromatic nitrogens is 3. The summed E-state index contributed by atoms with van der Waals surface area (Å²) >= 11 is 0. The summed E-state index contributed by atoms with van der Waals surface area (Å²) in [6.45, 7) is 4.20. The minimum atomic E-state index is 0.177. The molecule has 1 saturated carbocycles. The van der Waals surface area contributed by atoms with Crippen LogP contribution in [0.4, 0.5) is 0 Å². The summed E-state index contributed by atoms with van der Waals surface area (Å²) in [4.78, 5) is 27.1. The van der Waals surface area contributed by atoms with Gasteiger partial charge in [0.25, 0.3) is 0 Å². The molecule has 0 bridgehead atoms. The molecule has 2 aromatic rings. The van der Waals surface area contributed by atoms with Crippen molar-refractivity contribution in [2.75, 3.05) is 19.6 Å². The summed E-state index contributed by atoms with van der Waals surface area (Å²) in [5.74, 6) is 0.748. The van der Waals surface area contributed by atoms with E-state index in [9.17, 15) is 4.79 Å². The van der Waals surface area contributed by atoms with Crippen LogP contribution >= 0.6 is 0 Å². The maximum atomic E-state index is 12.5. The number of H-pyrrole nitrogens is 1. The summed E-state index contributed by atoms with van der Waals surface area (Å²) in [6, 6.07) is 0. The average molecular weight is 353 g/mol. The number of allylic oxidation sites excluding steroid dienone is 1. The minimum absolute atomic E-state index is 0.177. The molecule has 0 atom stereocenters. The SMILES string of the molecule is CC/C=C(/NCC(=O)N1CCCCC1)c1c[nH]c2ncc(C3CC3)nc12. The monoisotopic (exact) mass is 353 g/mol. The number of amides is 1. The lowest BCUT2D eigenvalue weighted by Crippen LogP contribution is -2.40. The van der Waals surface area contributed by atoms with Gasteiger partial charge in [-0.15, -0.1) is 0 Å². The summed E-state index contributed by atoms with van der Waals surface area (Å²) in [5.41, 5.74) is 4.75. The Morgan fingerprint density at radius 2 is 2.15 bits per heavy atom. The van der Waals surface area contributed by atoms with Gasteiger partial charge in [-0.2, -0.15) is 0 Å². The number of carbonyl (C=O) groups excluding carboxylic acids is 1. The first-order valence-corrected chi connectivity index (χ1v) is 9.82. The minimum Gasteiger partial charge on any atom is -0.376 e. The Kier molecular flexibility index (Phi) is 4.91. The van der Waals surface area contributed by atoms with Crippen molar-refractivity contribution in [3.63, 3.8) is 0 Å². The van der Waals surface area contributed by atoms with Crippen LogP contribution in [0.15, 0.2) is 18.5 Å². The Bertz CT molecular complexity index is 815. The fraction of sp³-hybridized carbons (Fsp3) is 0.550. The van der Waals surface area contributed by atoms with Crippen molar-refractivity contribution in [1.82, 2.24) is 25.2 Å². The van der Waals surface area contributed by atoms with Crippen LogP contribution in [0, 0.1) is 0 Å². The van der Waals surface area contributed by atoms with E-state index in [-0.39, 0.29) is 5.91 Å². The highest BCUT2D eigenvalue weighted by Gasteiger charge is 2.26. The van der Waals surface area contributed by atoms with E-state index in [1.807, 2.05) is 17.3 Å². The number of aromatic amines is 1. The van der Waals surface area contributed by atoms with Crippen LogP contribution in [0.1, 0.15) is 62.6 Å². The van der Waals surface area contributed by atoms with Gasteiger partial charge in [-0.3, -0.25) is 4.79 Å². The Morgan fingerprint density at radius 1 is 1.35 bits per heavy atom. The molecule has 138 valence electrons. The van der Waals surface area contributed by atoms with Crippen LogP contribution in [0.2, 0.25) is 0 Å². The summed E-state index contributed by atoms with van der Waals surface area (Å²) < 4.78 is 0. The van der Waals surface area contributed by atoms with E-state index < -0.39 is 0 Å². The van der Waals surface area contributed by atoms with Crippen LogP contribution in [-0.2, 0) is 4.79 Å². The largest absolute Gasteiger partial charge is 0.376 e. The molecule has 1 amide bonds. The normalized spacial score (nSPS) is 18.3. The molecule has 1 aliphatic heterocycles. The number of carbonyl (C=O) groups is 1. The summed E-state index contributed by atoms with van der Waals surface area (Å²) in [5, 5.41) is 3.36. The molecule has 1 saturated heterocycles. The van der Waals surface area contributed by atoms with Crippen molar-refractivity contribution < 1.29 is 4.79 Å². The number of nitrogens with one attached hydrogen (secondary N) is 2. The van der Waals surface area contributed by atoms with Crippen LogP contribution in [-0.4, -0.2) is 45.4 Å². The second-order valence-corrected chi connectivity index (χ2v) is 7.29. The number of piperidine rings is 1. The number of hydrogen-bond acceptors (Lipinski definition) is 4. The van der Waals surface area contributed by atoms with Gasteiger partial charge < -0.3 is 15.2 Å². The van der Waals surface area contributed by atoms with Gasteiger partial charge in [-0.1, -0.05) is 13.0 Å². The standard InChI is InChI=1S/C20H27N5O/c1-2-6-16(21-13-18(26)25-9-4-3-5-10-25)15-11-22-20-19(15)24-17(12-23-20)14-7-8-14/h6,11-12,14,21H,2-5,7-10,13H2,1H3,(H,22,23)/b16-6+. The first kappa shape index (κ1) is 17.1. The molecule has 6 nitrogen and oxygen atoms in total. The molecule has 0 unspecified atom stereocenters. The van der Waals surface area contributed by atoms with Crippen molar-refractivity contribution in [2.45, 2.75) is 51.4 Å². The zero-order valence-corrected chi connectivity index (χ0v) is 15.4. The maximum absolute atomic E-state index is 12.5. The van der Waals surface area contributed by atoms with Crippen molar-refractivity contribution in [2.24, 2.45) is 0 Å². The van der Waals surface area contributed by atoms with Crippen LogP contribution in [0.3, 0.4) is 0 Å². The number of rotatable bonds is 6. The van der Waals surface area contributed by atoms with Crippen LogP contribution in [0.25, 0.3) is 16.9 Å². The third-order valence-corrected chi connectivity index (χ3v) is 5.23. The highest BCUT2D eigenvalue weighted by molar-refractivity contribution is 5.88. The average Bonchev–Trinajstić information content (AvgIpc) is 3.45. The van der Waals surface area contributed by atoms with Crippen LogP contribution < -0.4 is 5.32 Å². The van der Waals surface area contributed by atoms with Crippen LogP contribution in [0.5, 0.6) is 0 Å². The number of hydrogen-bond donors (Lipinski definition) is 2. The van der Waals surface area contributed by atoms with Crippen molar-refractivity contribution >= 4 is 22.8 Å². The summed E-state index contributed by atoms with van der Waals surface area (Å²) in [6.07, 6.45) is 12.7. The second kappa shape index (κ2) is 7.48. The first-order valence-electron chi connectivity index (χ1n) is 9.82. The Labute approximate surface area is 154 Å². The molecule has 0 spiro atoms. The quantitative estimate of drug-likeness (QED) is 0.836. The molecule has 0 radical (unpaired) electrons. The van der Waals surface area contributed by atoms with Gasteiger partial charge in [0, 0.05) is 36.5 Å². The second-order valence-electron chi connectivity index (χ2n) is 7.29. The number of likely N-dealkylation sites (tertiary alicyclic amines) is 1. The maximum Gasteiger partial charge on any atom is 0.241 e. The molecule has 2 N–H and O–H groups in total. The van der Waals surface area contributed by atoms with E-state index in [0.717, 1.165) is 60.5 Å². The van der Waals surface area contributed by atoms with Gasteiger partial charge in [0.15, 0.2) is 5.65 Å². The van der Waals surface area contributed by atoms with Crippen molar-refractivity contribution in [3.05, 3.63) is 29.7 Å². The van der Waals surface area contributed by atoms with Gasteiger partial charge in [0.1, 0.15) is 5.52 Å². The third-order valence-electron chi connectivity index (χ3n) is 5.23. The fourth-order valence-corrected chi connectivity index (χ4v) is 3.59. The van der Waals surface area contributed by atoms with Gasteiger partial charge in [0.05, 0.1) is 18.4 Å². The Hall–Kier alpha value is -2.37. The van der Waals surface area contributed by atoms with Crippen molar-refractivity contribution in [3.8, 4) is 0 Å². The van der Waals surface area contributed by atoms with Gasteiger partial charge >= 0.3 is 0 Å². The molecule has 6 heteroatoms. The van der Waals surface area contributed by atoms with Gasteiger partial charge in [-0.25, -0.2) is 9.97 Å². The molecular weight excluding hydrogens is 326 g/mol. The van der Waals surface area contributed by atoms with Gasteiger partial charge in [-0.05, 0) is 38.5 Å². The molecule has 2 aliphatic rings. The van der Waals surface area contributed by atoms with E-state index in [4.69, 9.17) is 4.98 Å². The molecule has 0 aromatic carbocycles.